The first-order chi connectivity index (χ1) is 15.9. The summed E-state index contributed by atoms with van der Waals surface area (Å²) in [7, 11) is 2.07. The van der Waals surface area contributed by atoms with E-state index >= 15 is 0 Å². The molecule has 0 bridgehead atoms. The van der Waals surface area contributed by atoms with Crippen molar-refractivity contribution in [3.05, 3.63) is 53.1 Å². The number of likely N-dealkylation sites (N-methyl/N-ethyl adjacent to an activating group) is 1. The average molecular weight is 476 g/mol. The lowest BCUT2D eigenvalue weighted by atomic mass is 10.0. The van der Waals surface area contributed by atoms with Gasteiger partial charge in [-0.2, -0.15) is 0 Å². The van der Waals surface area contributed by atoms with Crippen LogP contribution >= 0.6 is 11.6 Å². The fourth-order valence-corrected chi connectivity index (χ4v) is 4.07. The van der Waals surface area contributed by atoms with E-state index in [4.69, 9.17) is 11.6 Å². The molecule has 0 aromatic heterocycles. The molecule has 1 heterocycles. The summed E-state index contributed by atoms with van der Waals surface area (Å²) >= 11 is 5.88. The zero-order valence-electron chi connectivity index (χ0n) is 20.2. The highest BCUT2D eigenvalue weighted by Gasteiger charge is 2.23. The van der Waals surface area contributed by atoms with Gasteiger partial charge in [-0.05, 0) is 49.6 Å². The van der Waals surface area contributed by atoms with Crippen LogP contribution in [0.3, 0.4) is 0 Å². The number of carbonyl (C=O) groups excluding carboxylic acids is 1. The van der Waals surface area contributed by atoms with Crippen molar-refractivity contribution in [1.29, 1.82) is 0 Å². The topological polar surface area (TPSA) is 64.1 Å². The normalized spacial score (nSPS) is 15.3. The number of carbonyl (C=O) groups is 2. The van der Waals surface area contributed by atoms with E-state index in [-0.39, 0.29) is 18.0 Å². The predicted molar refractivity (Wildman–Crippen MR) is 137 cm³/mol. The van der Waals surface area contributed by atoms with Gasteiger partial charge in [0.15, 0.2) is 0 Å². The molecule has 33 heavy (non-hydrogen) atoms. The van der Waals surface area contributed by atoms with Gasteiger partial charge in [0, 0.05) is 44.3 Å². The number of piperazine rings is 1. The highest BCUT2D eigenvalue weighted by molar-refractivity contribution is 6.18. The van der Waals surface area contributed by atoms with Crippen molar-refractivity contribution in [2.45, 2.75) is 39.5 Å². The minimum absolute atomic E-state index is 0.0717. The summed E-state index contributed by atoms with van der Waals surface area (Å²) in [6.45, 7) is 8.09. The molecule has 0 spiro atoms. The first-order valence-corrected chi connectivity index (χ1v) is 12.4. The number of aromatic carboxylic acids is 1. The molecular formula is C26H38ClN3O3. The molecule has 1 fully saturated rings. The lowest BCUT2D eigenvalue weighted by Crippen LogP contribution is -2.50. The molecule has 7 heteroatoms. The van der Waals surface area contributed by atoms with E-state index < -0.39 is 5.97 Å². The summed E-state index contributed by atoms with van der Waals surface area (Å²) in [5.74, 6) is -0.477. The van der Waals surface area contributed by atoms with Crippen LogP contribution in [0.15, 0.2) is 42.0 Å². The Labute approximate surface area is 203 Å². The largest absolute Gasteiger partial charge is 0.478 e. The van der Waals surface area contributed by atoms with E-state index in [0.29, 0.717) is 25.5 Å². The highest BCUT2D eigenvalue weighted by atomic mass is 35.5. The van der Waals surface area contributed by atoms with Crippen LogP contribution in [-0.2, 0) is 11.2 Å². The van der Waals surface area contributed by atoms with Crippen molar-refractivity contribution in [2.24, 2.45) is 0 Å². The van der Waals surface area contributed by atoms with E-state index in [1.165, 1.54) is 0 Å². The number of carboxylic acids is 1. The Kier molecular flexibility index (Phi) is 11.5. The molecule has 1 aromatic rings. The molecule has 1 aromatic carbocycles. The lowest BCUT2D eigenvalue weighted by molar-refractivity contribution is -0.131. The molecule has 1 amide bonds. The van der Waals surface area contributed by atoms with E-state index in [1.807, 2.05) is 28.0 Å². The second-order valence-corrected chi connectivity index (χ2v) is 8.84. The molecule has 1 saturated heterocycles. The van der Waals surface area contributed by atoms with Crippen molar-refractivity contribution in [3.8, 4) is 0 Å². The van der Waals surface area contributed by atoms with Crippen LogP contribution in [-0.4, -0.2) is 79.0 Å². The van der Waals surface area contributed by atoms with Crippen LogP contribution in [0.5, 0.6) is 0 Å². The molecule has 0 saturated carbocycles. The third-order valence-electron chi connectivity index (χ3n) is 5.92. The van der Waals surface area contributed by atoms with E-state index in [1.54, 1.807) is 12.1 Å². The number of rotatable bonds is 12. The second-order valence-electron chi connectivity index (χ2n) is 8.54. The van der Waals surface area contributed by atoms with Gasteiger partial charge in [0.1, 0.15) is 0 Å². The number of amides is 1. The van der Waals surface area contributed by atoms with Gasteiger partial charge in [-0.15, -0.1) is 11.6 Å². The summed E-state index contributed by atoms with van der Waals surface area (Å²) < 4.78 is 0. The van der Waals surface area contributed by atoms with Crippen LogP contribution in [0.4, 0.5) is 5.69 Å². The third kappa shape index (κ3) is 8.52. The number of allylic oxidation sites excluding steroid dienone is 2. The molecule has 2 rings (SSSR count). The molecule has 1 N–H and O–H groups in total. The molecule has 6 nitrogen and oxygen atoms in total. The number of halogens is 1. The Balaban J connectivity index is 2.42. The molecular weight excluding hydrogens is 438 g/mol. The van der Waals surface area contributed by atoms with Crippen LogP contribution < -0.4 is 4.90 Å². The summed E-state index contributed by atoms with van der Waals surface area (Å²) in [6, 6.07) is 5.28. The van der Waals surface area contributed by atoms with Crippen LogP contribution in [0.1, 0.15) is 49.0 Å². The molecule has 1 aliphatic heterocycles. The Morgan fingerprint density at radius 3 is 2.48 bits per heavy atom. The Morgan fingerprint density at radius 2 is 1.88 bits per heavy atom. The van der Waals surface area contributed by atoms with E-state index in [9.17, 15) is 14.7 Å². The van der Waals surface area contributed by atoms with Gasteiger partial charge in [-0.25, -0.2) is 4.79 Å². The van der Waals surface area contributed by atoms with Crippen LogP contribution in [0.25, 0.3) is 0 Å². The molecule has 1 aliphatic rings. The Morgan fingerprint density at radius 1 is 1.15 bits per heavy atom. The Hall–Kier alpha value is -2.31. The summed E-state index contributed by atoms with van der Waals surface area (Å²) in [4.78, 5) is 31.2. The van der Waals surface area contributed by atoms with E-state index in [2.05, 4.69) is 31.9 Å². The lowest BCUT2D eigenvalue weighted by Gasteiger charge is -2.35. The third-order valence-corrected chi connectivity index (χ3v) is 6.09. The summed E-state index contributed by atoms with van der Waals surface area (Å²) in [5.41, 5.74) is 3.20. The molecule has 0 atom stereocenters. The highest BCUT2D eigenvalue weighted by Crippen LogP contribution is 2.26. The summed E-state index contributed by atoms with van der Waals surface area (Å²) in [6.07, 6.45) is 9.77. The van der Waals surface area contributed by atoms with Crippen molar-refractivity contribution in [2.75, 3.05) is 57.1 Å². The number of anilines is 1. The molecule has 182 valence electrons. The van der Waals surface area contributed by atoms with Gasteiger partial charge in [0.2, 0.25) is 5.91 Å². The first-order valence-electron chi connectivity index (χ1n) is 11.9. The number of benzene rings is 1. The molecule has 0 radical (unpaired) electrons. The first kappa shape index (κ1) is 26.9. The van der Waals surface area contributed by atoms with Gasteiger partial charge in [-0.3, -0.25) is 4.79 Å². The summed E-state index contributed by atoms with van der Waals surface area (Å²) in [5, 5.41) is 9.62. The number of aryl methyl sites for hydroxylation is 1. The molecule has 0 aliphatic carbocycles. The van der Waals surface area contributed by atoms with Gasteiger partial charge in [0.05, 0.1) is 12.1 Å². The fraction of sp³-hybridized carbons (Fsp3) is 0.538. The van der Waals surface area contributed by atoms with Crippen molar-refractivity contribution in [1.82, 2.24) is 9.80 Å². The average Bonchev–Trinajstić information content (AvgIpc) is 2.81. The number of unbranched alkanes of at least 4 members (excludes halogenated alkanes) is 1. The molecule has 0 unspecified atom stereocenters. The van der Waals surface area contributed by atoms with Crippen molar-refractivity contribution < 1.29 is 14.7 Å². The fourth-order valence-electron chi connectivity index (χ4n) is 3.98. The predicted octanol–water partition coefficient (Wildman–Crippen LogP) is 4.44. The van der Waals surface area contributed by atoms with E-state index in [0.717, 1.165) is 55.6 Å². The minimum Gasteiger partial charge on any atom is -0.478 e. The number of nitrogens with zero attached hydrogens (tertiary/aromatic N) is 3. The van der Waals surface area contributed by atoms with Gasteiger partial charge in [-0.1, -0.05) is 44.6 Å². The van der Waals surface area contributed by atoms with Crippen LogP contribution in [0, 0.1) is 0 Å². The van der Waals surface area contributed by atoms with Gasteiger partial charge in [0.25, 0.3) is 0 Å². The maximum Gasteiger partial charge on any atom is 0.335 e. The Bertz CT molecular complexity index is 845. The quantitative estimate of drug-likeness (QED) is 0.357. The monoisotopic (exact) mass is 475 g/mol. The number of hydrogen-bond donors (Lipinski definition) is 1. The number of alkyl halides is 1. The van der Waals surface area contributed by atoms with Crippen molar-refractivity contribution in [3.63, 3.8) is 0 Å². The standard InChI is InChI=1S/C26H38ClN3O3/c1-4-6-10-22-11-12-23(26(32)33)18-24(22)30(19-21(8-5-2)9-7-13-27)20-25(31)29-16-14-28(3)15-17-29/h7-9,11-12,18H,4-6,10,13-17,19-20H2,1-3H3,(H,32,33)/b9-7-,21-8+. The second kappa shape index (κ2) is 14.1. The van der Waals surface area contributed by atoms with Crippen LogP contribution in [0.2, 0.25) is 0 Å². The number of hydrogen-bond acceptors (Lipinski definition) is 4. The van der Waals surface area contributed by atoms with Crippen molar-refractivity contribution >= 4 is 29.2 Å². The zero-order valence-corrected chi connectivity index (χ0v) is 21.0. The minimum atomic E-state index is -0.963. The smallest absolute Gasteiger partial charge is 0.335 e. The van der Waals surface area contributed by atoms with Gasteiger partial charge >= 0.3 is 5.97 Å². The van der Waals surface area contributed by atoms with Gasteiger partial charge < -0.3 is 19.8 Å². The zero-order chi connectivity index (χ0) is 24.2. The number of carboxylic acid groups (broad SMARTS) is 1. The maximum absolute atomic E-state index is 13.3. The SMILES string of the molecule is CC/C=C(\C=C/CCl)CN(CC(=O)N1CCN(C)CC1)c1cc(C(=O)O)ccc1CCCC. The maximum atomic E-state index is 13.3.